The molecule has 2 N–H and O–H groups in total. The van der Waals surface area contributed by atoms with Crippen molar-refractivity contribution < 1.29 is 42.2 Å². The predicted octanol–water partition coefficient (Wildman–Crippen LogP) is 3.10. The van der Waals surface area contributed by atoms with E-state index in [1.807, 2.05) is 0 Å². The molecule has 0 aromatic heterocycles. The summed E-state index contributed by atoms with van der Waals surface area (Å²) < 4.78 is 25.8. The summed E-state index contributed by atoms with van der Waals surface area (Å²) >= 11 is 0. The summed E-state index contributed by atoms with van der Waals surface area (Å²) in [5.74, 6) is -1.13. The Morgan fingerprint density at radius 3 is 1.34 bits per heavy atom. The van der Waals surface area contributed by atoms with Crippen molar-refractivity contribution in [1.29, 1.82) is 0 Å². The van der Waals surface area contributed by atoms with E-state index < -0.39 is 40.8 Å². The minimum atomic E-state index is -1.93. The molecule has 11 nitrogen and oxygen atoms in total. The van der Waals surface area contributed by atoms with Crippen LogP contribution in [-0.2, 0) is 32.7 Å². The van der Waals surface area contributed by atoms with Gasteiger partial charge in [-0.1, -0.05) is 13.2 Å². The smallest absolute Gasteiger partial charge is 0.407 e. The number of alkyl carbamates (subject to hydrolysis) is 2. The van der Waals surface area contributed by atoms with Crippen molar-refractivity contribution in [1.82, 2.24) is 10.6 Å². The van der Waals surface area contributed by atoms with Gasteiger partial charge in [0, 0.05) is 25.2 Å². The number of carbonyl (C=O) groups excluding carboxylic acids is 4. The van der Waals surface area contributed by atoms with Crippen molar-refractivity contribution in [2.75, 3.05) is 39.5 Å². The van der Waals surface area contributed by atoms with Crippen molar-refractivity contribution in [2.24, 2.45) is 0 Å². The first-order valence-electron chi connectivity index (χ1n) is 11.5. The molecule has 0 heterocycles. The maximum atomic E-state index is 11.6. The highest BCUT2D eigenvalue weighted by atomic mass is 28.4. The van der Waals surface area contributed by atoms with Crippen LogP contribution in [0.15, 0.2) is 25.3 Å². The molecule has 0 saturated carbocycles. The number of hydrogen-bond acceptors (Lipinski definition) is 9. The summed E-state index contributed by atoms with van der Waals surface area (Å²) in [4.78, 5) is 45.1. The maximum absolute atomic E-state index is 11.6. The molecule has 13 heteroatoms. The Morgan fingerprint density at radius 1 is 0.657 bits per heavy atom. The lowest BCUT2D eigenvalue weighted by atomic mass is 10.5. The molecule has 0 rings (SSSR count). The van der Waals surface area contributed by atoms with Crippen LogP contribution in [0.2, 0.25) is 38.3 Å². The normalized spacial score (nSPS) is 11.1. The van der Waals surface area contributed by atoms with Crippen molar-refractivity contribution in [3.63, 3.8) is 0 Å². The molecule has 0 aliphatic rings. The molecule has 2 amide bonds. The average molecular weight is 533 g/mol. The minimum Gasteiger partial charge on any atom is -0.459 e. The highest BCUT2D eigenvalue weighted by molar-refractivity contribution is 6.84. The molecule has 0 aromatic rings. The fraction of sp³-hybridized carbons (Fsp3) is 0.636. The fourth-order valence-corrected chi connectivity index (χ4v) is 11.9. The summed E-state index contributed by atoms with van der Waals surface area (Å²) in [6.07, 6.45) is 2.50. The van der Waals surface area contributed by atoms with Gasteiger partial charge in [-0.25, -0.2) is 19.2 Å². The van der Waals surface area contributed by atoms with Gasteiger partial charge in [-0.3, -0.25) is 0 Å². The molecule has 0 fully saturated rings. The number of rotatable bonds is 18. The fourth-order valence-electron chi connectivity index (χ4n) is 3.03. The lowest BCUT2D eigenvalue weighted by molar-refractivity contribution is -0.139. The highest BCUT2D eigenvalue weighted by Gasteiger charge is 2.32. The van der Waals surface area contributed by atoms with E-state index >= 15 is 0 Å². The first kappa shape index (κ1) is 32.4. The Bertz CT molecular complexity index is 657. The summed E-state index contributed by atoms with van der Waals surface area (Å²) in [6.45, 7) is 16.0. The number of nitrogens with one attached hydrogen (secondary N) is 2. The summed E-state index contributed by atoms with van der Waals surface area (Å²) in [5, 5.41) is 5.35. The van der Waals surface area contributed by atoms with Crippen LogP contribution in [0.4, 0.5) is 9.59 Å². The van der Waals surface area contributed by atoms with Crippen LogP contribution in [0.25, 0.3) is 0 Å². The minimum absolute atomic E-state index is 0.0182. The van der Waals surface area contributed by atoms with Gasteiger partial charge in [-0.2, -0.15) is 0 Å². The monoisotopic (exact) mass is 532 g/mol. The zero-order valence-corrected chi connectivity index (χ0v) is 23.3. The van der Waals surface area contributed by atoms with Gasteiger partial charge in [0.25, 0.3) is 0 Å². The summed E-state index contributed by atoms with van der Waals surface area (Å²) in [6, 6.07) is 1.75. The Labute approximate surface area is 209 Å². The number of hydrogen-bond donors (Lipinski definition) is 2. The molecule has 0 aliphatic heterocycles. The second-order valence-corrected chi connectivity index (χ2v) is 17.6. The molecule has 0 unspecified atom stereocenters. The Balaban J connectivity index is 3.98. The molecule has 0 atom stereocenters. The second-order valence-electron chi connectivity index (χ2n) is 8.70. The van der Waals surface area contributed by atoms with E-state index in [1.54, 1.807) is 0 Å². The van der Waals surface area contributed by atoms with Gasteiger partial charge in [0.15, 0.2) is 16.6 Å². The standard InChI is InChI=1S/C22H40N2O9Si2/c1-7-19(25)29-13-15-31-21(27)23-11-9-17-34(3,4)33-35(5,6)18-10-12-24-22(28)32-16-14-30-20(26)8-2/h7-8H,1-2,9-18H2,3-6H3,(H,23,27)(H,24,28). The zero-order valence-electron chi connectivity index (χ0n) is 21.3. The predicted molar refractivity (Wildman–Crippen MR) is 136 cm³/mol. The van der Waals surface area contributed by atoms with Crippen molar-refractivity contribution in [3.05, 3.63) is 25.3 Å². The SMILES string of the molecule is C=CC(=O)OCCOC(=O)NCCC[Si](C)(C)O[Si](C)(C)CCCNC(=O)OCCOC(=O)C=C. The van der Waals surface area contributed by atoms with Gasteiger partial charge in [0.2, 0.25) is 0 Å². The first-order valence-corrected chi connectivity index (χ1v) is 17.7. The molecule has 0 aromatic carbocycles. The van der Waals surface area contributed by atoms with Gasteiger partial charge in [-0.15, -0.1) is 0 Å². The van der Waals surface area contributed by atoms with Crippen LogP contribution >= 0.6 is 0 Å². The van der Waals surface area contributed by atoms with Crippen LogP contribution in [-0.4, -0.2) is 80.3 Å². The lowest BCUT2D eigenvalue weighted by Gasteiger charge is -2.34. The lowest BCUT2D eigenvalue weighted by Crippen LogP contribution is -2.45. The van der Waals surface area contributed by atoms with E-state index in [0.717, 1.165) is 37.1 Å². The van der Waals surface area contributed by atoms with Gasteiger partial charge >= 0.3 is 24.1 Å². The van der Waals surface area contributed by atoms with Crippen LogP contribution in [0, 0.1) is 0 Å². The van der Waals surface area contributed by atoms with Crippen molar-refractivity contribution in [3.8, 4) is 0 Å². The largest absolute Gasteiger partial charge is 0.459 e. The third kappa shape index (κ3) is 19.4. The number of ether oxygens (including phenoxy) is 4. The van der Waals surface area contributed by atoms with E-state index in [1.165, 1.54) is 0 Å². The van der Waals surface area contributed by atoms with E-state index in [-0.39, 0.29) is 26.4 Å². The second kappa shape index (κ2) is 17.7. The quantitative estimate of drug-likeness (QED) is 0.0896. The Morgan fingerprint density at radius 2 is 1.00 bits per heavy atom. The first-order chi connectivity index (χ1) is 16.4. The molecular weight excluding hydrogens is 492 g/mol. The van der Waals surface area contributed by atoms with Gasteiger partial charge < -0.3 is 33.7 Å². The van der Waals surface area contributed by atoms with Crippen LogP contribution in [0.3, 0.4) is 0 Å². The zero-order chi connectivity index (χ0) is 26.7. The van der Waals surface area contributed by atoms with Gasteiger partial charge in [0.1, 0.15) is 26.4 Å². The molecule has 0 aliphatic carbocycles. The Hall–Kier alpha value is -2.65. The van der Waals surface area contributed by atoms with E-state index in [4.69, 9.17) is 23.1 Å². The molecule has 0 spiro atoms. The molecular formula is C22H40N2O9Si2. The van der Waals surface area contributed by atoms with E-state index in [2.05, 4.69) is 50.0 Å². The number of esters is 2. The highest BCUT2D eigenvalue weighted by Crippen LogP contribution is 2.23. The number of carbonyl (C=O) groups is 4. The van der Waals surface area contributed by atoms with E-state index in [9.17, 15) is 19.2 Å². The van der Waals surface area contributed by atoms with Crippen LogP contribution < -0.4 is 10.6 Å². The Kier molecular flexibility index (Phi) is 16.4. The van der Waals surface area contributed by atoms with Crippen LogP contribution in [0.5, 0.6) is 0 Å². The molecule has 200 valence electrons. The third-order valence-corrected chi connectivity index (χ3v) is 12.0. The topological polar surface area (TPSA) is 138 Å². The van der Waals surface area contributed by atoms with Crippen molar-refractivity contribution >= 4 is 40.8 Å². The number of amides is 2. The van der Waals surface area contributed by atoms with Crippen molar-refractivity contribution in [2.45, 2.75) is 51.1 Å². The third-order valence-electron chi connectivity index (χ3n) is 4.46. The molecule has 0 saturated heterocycles. The summed E-state index contributed by atoms with van der Waals surface area (Å²) in [5.41, 5.74) is 0. The molecule has 0 radical (unpaired) electrons. The van der Waals surface area contributed by atoms with Gasteiger partial charge in [-0.05, 0) is 51.1 Å². The molecule has 35 heavy (non-hydrogen) atoms. The molecule has 0 bridgehead atoms. The maximum Gasteiger partial charge on any atom is 0.407 e. The summed E-state index contributed by atoms with van der Waals surface area (Å²) in [7, 11) is -3.87. The van der Waals surface area contributed by atoms with Gasteiger partial charge in [0.05, 0.1) is 0 Å². The van der Waals surface area contributed by atoms with Crippen LogP contribution in [0.1, 0.15) is 12.8 Å². The average Bonchev–Trinajstić information content (AvgIpc) is 2.79. The van der Waals surface area contributed by atoms with E-state index in [0.29, 0.717) is 13.1 Å².